The van der Waals surface area contributed by atoms with Gasteiger partial charge in [-0.25, -0.2) is 9.98 Å². The van der Waals surface area contributed by atoms with E-state index in [1.807, 2.05) is 12.1 Å². The molecule has 0 atom stereocenters. The quantitative estimate of drug-likeness (QED) is 0.633. The number of aromatic nitrogens is 1. The molecule has 2 rings (SSSR count). The van der Waals surface area contributed by atoms with Crippen molar-refractivity contribution in [3.63, 3.8) is 0 Å². The molecule has 0 aliphatic rings. The van der Waals surface area contributed by atoms with Crippen LogP contribution in [0.15, 0.2) is 41.5 Å². The number of aryl methyl sites for hydroxylation is 2. The minimum absolute atomic E-state index is 0.513. The normalized spacial score (nSPS) is 11.2. The van der Waals surface area contributed by atoms with Gasteiger partial charge in [0.1, 0.15) is 0 Å². The van der Waals surface area contributed by atoms with Gasteiger partial charge in [-0.05, 0) is 38.0 Å². The number of rotatable bonds is 6. The van der Waals surface area contributed by atoms with Gasteiger partial charge >= 0.3 is 0 Å². The van der Waals surface area contributed by atoms with E-state index < -0.39 is 0 Å². The number of benzene rings is 1. The fraction of sp³-hybridized carbons (Fsp3) is 0.368. The molecule has 2 N–H and O–H groups in total. The largest absolute Gasteiger partial charge is 0.481 e. The third kappa shape index (κ3) is 4.98. The first-order valence-electron chi connectivity index (χ1n) is 8.20. The highest BCUT2D eigenvalue weighted by Crippen LogP contribution is 2.14. The first-order chi connectivity index (χ1) is 11.6. The molecule has 2 aromatic rings. The minimum atomic E-state index is 0.513. The molecule has 0 amide bonds. The number of nitrogens with zero attached hydrogens (tertiary/aromatic N) is 2. The number of hydrogen-bond acceptors (Lipinski definition) is 3. The fourth-order valence-electron chi connectivity index (χ4n) is 2.46. The van der Waals surface area contributed by atoms with Crippen LogP contribution in [0.3, 0.4) is 0 Å². The molecule has 0 aliphatic carbocycles. The Morgan fingerprint density at radius 1 is 1.17 bits per heavy atom. The van der Waals surface area contributed by atoms with Gasteiger partial charge in [0, 0.05) is 24.8 Å². The predicted octanol–water partition coefficient (Wildman–Crippen LogP) is 2.96. The maximum absolute atomic E-state index is 5.27. The number of nitrogens with one attached hydrogen (secondary N) is 2. The molecular formula is C19H26N4O. The molecule has 5 heteroatoms. The molecule has 0 aliphatic heterocycles. The Kier molecular flexibility index (Phi) is 6.61. The zero-order valence-electron chi connectivity index (χ0n) is 14.9. The summed E-state index contributed by atoms with van der Waals surface area (Å²) in [7, 11) is 1.62. The first-order valence-corrected chi connectivity index (χ1v) is 8.20. The van der Waals surface area contributed by atoms with E-state index >= 15 is 0 Å². The van der Waals surface area contributed by atoms with E-state index in [0.29, 0.717) is 12.4 Å². The van der Waals surface area contributed by atoms with Crippen LogP contribution in [0.1, 0.15) is 29.2 Å². The van der Waals surface area contributed by atoms with Crippen LogP contribution in [0.2, 0.25) is 0 Å². The molecular weight excluding hydrogens is 300 g/mol. The monoisotopic (exact) mass is 326 g/mol. The van der Waals surface area contributed by atoms with Crippen LogP contribution in [0.25, 0.3) is 0 Å². The molecule has 0 radical (unpaired) electrons. The van der Waals surface area contributed by atoms with Gasteiger partial charge in [0.25, 0.3) is 0 Å². The van der Waals surface area contributed by atoms with Gasteiger partial charge in [-0.1, -0.05) is 29.8 Å². The Morgan fingerprint density at radius 3 is 2.71 bits per heavy atom. The van der Waals surface area contributed by atoms with E-state index in [4.69, 9.17) is 4.74 Å². The lowest BCUT2D eigenvalue weighted by molar-refractivity contribution is 0.392. The molecule has 1 aromatic heterocycles. The second-order valence-electron chi connectivity index (χ2n) is 5.65. The Hall–Kier alpha value is -2.56. The maximum Gasteiger partial charge on any atom is 0.218 e. The Morgan fingerprint density at radius 2 is 2.00 bits per heavy atom. The number of aliphatic imine (C=N–C) groups is 1. The molecule has 0 bridgehead atoms. The fourth-order valence-corrected chi connectivity index (χ4v) is 2.46. The van der Waals surface area contributed by atoms with Gasteiger partial charge in [0.15, 0.2) is 5.96 Å². The smallest absolute Gasteiger partial charge is 0.218 e. The average molecular weight is 326 g/mol. The Balaban J connectivity index is 2.05. The summed E-state index contributed by atoms with van der Waals surface area (Å²) < 4.78 is 5.27. The summed E-state index contributed by atoms with van der Waals surface area (Å²) in [6.45, 7) is 8.36. The molecule has 128 valence electrons. The van der Waals surface area contributed by atoms with Crippen molar-refractivity contribution >= 4 is 5.96 Å². The molecule has 0 spiro atoms. The van der Waals surface area contributed by atoms with Crippen LogP contribution < -0.4 is 15.4 Å². The lowest BCUT2D eigenvalue weighted by Gasteiger charge is -2.13. The SMILES string of the molecule is CCNC(=NCc1cccnc1OC)NCc1ccc(C)cc1C. The molecule has 24 heavy (non-hydrogen) atoms. The van der Waals surface area contributed by atoms with E-state index in [2.05, 4.69) is 59.6 Å². The second kappa shape index (κ2) is 8.91. The van der Waals surface area contributed by atoms with Crippen molar-refractivity contribution in [2.75, 3.05) is 13.7 Å². The van der Waals surface area contributed by atoms with Crippen LogP contribution in [0.4, 0.5) is 0 Å². The van der Waals surface area contributed by atoms with Crippen LogP contribution in [-0.4, -0.2) is 24.6 Å². The van der Waals surface area contributed by atoms with Crippen molar-refractivity contribution in [1.29, 1.82) is 0 Å². The maximum atomic E-state index is 5.27. The molecule has 0 saturated heterocycles. The number of methoxy groups -OCH3 is 1. The van der Waals surface area contributed by atoms with Crippen molar-refractivity contribution in [1.82, 2.24) is 15.6 Å². The summed E-state index contributed by atoms with van der Waals surface area (Å²) >= 11 is 0. The zero-order chi connectivity index (χ0) is 17.4. The molecule has 0 unspecified atom stereocenters. The highest BCUT2D eigenvalue weighted by atomic mass is 16.5. The first kappa shape index (κ1) is 17.8. The number of pyridine rings is 1. The van der Waals surface area contributed by atoms with Crippen LogP contribution >= 0.6 is 0 Å². The summed E-state index contributed by atoms with van der Waals surface area (Å²) in [6, 6.07) is 10.4. The van der Waals surface area contributed by atoms with Crippen LogP contribution in [0.5, 0.6) is 5.88 Å². The highest BCUT2D eigenvalue weighted by Gasteiger charge is 2.04. The third-order valence-corrected chi connectivity index (χ3v) is 3.74. The summed E-state index contributed by atoms with van der Waals surface area (Å²) in [5, 5.41) is 6.65. The van der Waals surface area contributed by atoms with Gasteiger partial charge in [0.05, 0.1) is 13.7 Å². The second-order valence-corrected chi connectivity index (χ2v) is 5.65. The van der Waals surface area contributed by atoms with Gasteiger partial charge in [-0.3, -0.25) is 0 Å². The highest BCUT2D eigenvalue weighted by molar-refractivity contribution is 5.79. The molecule has 1 aromatic carbocycles. The van der Waals surface area contributed by atoms with Gasteiger partial charge in [0.2, 0.25) is 5.88 Å². The van der Waals surface area contributed by atoms with Crippen LogP contribution in [0, 0.1) is 13.8 Å². The van der Waals surface area contributed by atoms with Crippen molar-refractivity contribution in [3.8, 4) is 5.88 Å². The standard InChI is InChI=1S/C19H26N4O/c1-5-20-19(22-12-16-9-8-14(2)11-15(16)3)23-13-17-7-6-10-21-18(17)24-4/h6-11H,5,12-13H2,1-4H3,(H2,20,22,23). The molecule has 1 heterocycles. The van der Waals surface area contributed by atoms with Gasteiger partial charge in [-0.15, -0.1) is 0 Å². The average Bonchev–Trinajstić information content (AvgIpc) is 2.59. The van der Waals surface area contributed by atoms with E-state index in [1.54, 1.807) is 13.3 Å². The summed E-state index contributed by atoms with van der Waals surface area (Å²) in [6.07, 6.45) is 1.72. The molecule has 0 saturated carbocycles. The topological polar surface area (TPSA) is 58.5 Å². The van der Waals surface area contributed by atoms with E-state index in [-0.39, 0.29) is 0 Å². The van der Waals surface area contributed by atoms with Gasteiger partial charge in [-0.2, -0.15) is 0 Å². The van der Waals surface area contributed by atoms with E-state index in [0.717, 1.165) is 24.6 Å². The molecule has 0 fully saturated rings. The van der Waals surface area contributed by atoms with E-state index in [1.165, 1.54) is 16.7 Å². The predicted molar refractivity (Wildman–Crippen MR) is 98.4 cm³/mol. The number of hydrogen-bond donors (Lipinski definition) is 2. The Bertz CT molecular complexity index is 698. The van der Waals surface area contributed by atoms with Crippen molar-refractivity contribution < 1.29 is 4.74 Å². The lowest BCUT2D eigenvalue weighted by atomic mass is 10.1. The third-order valence-electron chi connectivity index (χ3n) is 3.74. The number of guanidine groups is 1. The Labute approximate surface area is 144 Å². The minimum Gasteiger partial charge on any atom is -0.481 e. The summed E-state index contributed by atoms with van der Waals surface area (Å²) in [5.41, 5.74) is 4.79. The van der Waals surface area contributed by atoms with Crippen molar-refractivity contribution in [3.05, 3.63) is 58.8 Å². The van der Waals surface area contributed by atoms with Crippen molar-refractivity contribution in [2.45, 2.75) is 33.9 Å². The van der Waals surface area contributed by atoms with E-state index in [9.17, 15) is 0 Å². The summed E-state index contributed by atoms with van der Waals surface area (Å²) in [4.78, 5) is 8.83. The summed E-state index contributed by atoms with van der Waals surface area (Å²) in [5.74, 6) is 1.40. The van der Waals surface area contributed by atoms with Crippen LogP contribution in [-0.2, 0) is 13.1 Å². The van der Waals surface area contributed by atoms with Gasteiger partial charge < -0.3 is 15.4 Å². The van der Waals surface area contributed by atoms with Crippen molar-refractivity contribution in [2.24, 2.45) is 4.99 Å². The lowest BCUT2D eigenvalue weighted by Crippen LogP contribution is -2.37. The zero-order valence-corrected chi connectivity index (χ0v) is 14.9. The number of ether oxygens (including phenoxy) is 1. The molecule has 5 nitrogen and oxygen atoms in total.